The van der Waals surface area contributed by atoms with Crippen molar-refractivity contribution >= 4 is 5.69 Å². The van der Waals surface area contributed by atoms with E-state index in [1.54, 1.807) is 6.07 Å². The highest BCUT2D eigenvalue weighted by Gasteiger charge is 2.30. The Hall–Kier alpha value is -1.25. The maximum Gasteiger partial charge on any atom is 0.145 e. The van der Waals surface area contributed by atoms with Gasteiger partial charge in [0.25, 0.3) is 0 Å². The lowest BCUT2D eigenvalue weighted by molar-refractivity contribution is 0.339. The van der Waals surface area contributed by atoms with Crippen molar-refractivity contribution in [1.82, 2.24) is 0 Å². The molecule has 1 N–H and O–H groups in total. The third kappa shape index (κ3) is 3.11. The summed E-state index contributed by atoms with van der Waals surface area (Å²) in [6.07, 6.45) is 3.70. The van der Waals surface area contributed by atoms with Crippen molar-refractivity contribution in [1.29, 1.82) is 0 Å². The van der Waals surface area contributed by atoms with E-state index in [0.717, 1.165) is 18.0 Å². The Morgan fingerprint density at radius 2 is 2.18 bits per heavy atom. The number of ether oxygens (including phenoxy) is 1. The second-order valence-corrected chi connectivity index (χ2v) is 4.57. The molecule has 1 aromatic rings. The number of nitrogens with one attached hydrogen (secondary N) is 1. The van der Waals surface area contributed by atoms with Crippen LogP contribution < -0.4 is 10.1 Å². The molecule has 0 heterocycles. The molecule has 2 rings (SSSR count). The van der Waals surface area contributed by atoms with Crippen molar-refractivity contribution in [2.24, 2.45) is 5.92 Å². The normalized spacial score (nSPS) is 16.6. The third-order valence-corrected chi connectivity index (χ3v) is 3.22. The number of anilines is 1. The van der Waals surface area contributed by atoms with E-state index in [4.69, 9.17) is 4.74 Å². The molecule has 0 amide bonds. The fraction of sp³-hybridized carbons (Fsp3) is 0.571. The van der Waals surface area contributed by atoms with Gasteiger partial charge in [-0.05, 0) is 44.2 Å². The predicted octanol–water partition coefficient (Wildman–Crippen LogP) is 3.82. The maximum absolute atomic E-state index is 13.2. The molecular formula is C14H20FNO. The minimum atomic E-state index is -0.251. The highest BCUT2D eigenvalue weighted by molar-refractivity contribution is 5.57. The van der Waals surface area contributed by atoms with Gasteiger partial charge in [0.05, 0.1) is 12.3 Å². The third-order valence-electron chi connectivity index (χ3n) is 3.22. The zero-order valence-corrected chi connectivity index (χ0v) is 10.5. The van der Waals surface area contributed by atoms with Crippen molar-refractivity contribution in [3.05, 3.63) is 24.0 Å². The van der Waals surface area contributed by atoms with Gasteiger partial charge in [0.15, 0.2) is 0 Å². The molecule has 0 saturated heterocycles. The van der Waals surface area contributed by atoms with Crippen LogP contribution in [0.15, 0.2) is 18.2 Å². The van der Waals surface area contributed by atoms with Crippen LogP contribution in [0.5, 0.6) is 5.75 Å². The molecule has 1 unspecified atom stereocenters. The summed E-state index contributed by atoms with van der Waals surface area (Å²) in [7, 11) is 0. The van der Waals surface area contributed by atoms with Gasteiger partial charge >= 0.3 is 0 Å². The second kappa shape index (κ2) is 5.39. The summed E-state index contributed by atoms with van der Waals surface area (Å²) < 4.78 is 18.6. The summed E-state index contributed by atoms with van der Waals surface area (Å²) in [4.78, 5) is 0. The van der Waals surface area contributed by atoms with E-state index in [2.05, 4.69) is 12.2 Å². The van der Waals surface area contributed by atoms with Gasteiger partial charge in [-0.15, -0.1) is 0 Å². The van der Waals surface area contributed by atoms with Crippen molar-refractivity contribution in [3.63, 3.8) is 0 Å². The van der Waals surface area contributed by atoms with Gasteiger partial charge < -0.3 is 10.1 Å². The summed E-state index contributed by atoms with van der Waals surface area (Å²) >= 11 is 0. The lowest BCUT2D eigenvalue weighted by Crippen LogP contribution is -2.21. The topological polar surface area (TPSA) is 21.3 Å². The second-order valence-electron chi connectivity index (χ2n) is 4.57. The summed E-state index contributed by atoms with van der Waals surface area (Å²) in [5, 5.41) is 3.48. The molecule has 0 aromatic heterocycles. The van der Waals surface area contributed by atoms with Crippen molar-refractivity contribution in [2.75, 3.05) is 11.9 Å². The van der Waals surface area contributed by atoms with E-state index in [9.17, 15) is 4.39 Å². The molecule has 1 fully saturated rings. The first kappa shape index (κ1) is 12.2. The summed E-state index contributed by atoms with van der Waals surface area (Å²) in [6, 6.07) is 5.18. The first-order valence-corrected chi connectivity index (χ1v) is 6.43. The minimum Gasteiger partial charge on any atom is -0.492 e. The van der Waals surface area contributed by atoms with E-state index in [-0.39, 0.29) is 5.82 Å². The molecule has 0 spiro atoms. The number of halogens is 1. The van der Waals surface area contributed by atoms with Crippen LogP contribution >= 0.6 is 0 Å². The molecule has 0 bridgehead atoms. The number of hydrogen-bond donors (Lipinski definition) is 1. The number of hydrogen-bond acceptors (Lipinski definition) is 2. The van der Waals surface area contributed by atoms with E-state index in [1.807, 2.05) is 6.92 Å². The number of rotatable bonds is 6. The molecule has 94 valence electrons. The molecule has 1 aliphatic carbocycles. The fourth-order valence-electron chi connectivity index (χ4n) is 2.14. The Morgan fingerprint density at radius 1 is 1.41 bits per heavy atom. The van der Waals surface area contributed by atoms with E-state index < -0.39 is 0 Å². The molecule has 0 radical (unpaired) electrons. The van der Waals surface area contributed by atoms with Gasteiger partial charge in [-0.2, -0.15) is 0 Å². The van der Waals surface area contributed by atoms with E-state index >= 15 is 0 Å². The molecule has 1 aliphatic rings. The fourth-order valence-corrected chi connectivity index (χ4v) is 2.14. The predicted molar refractivity (Wildman–Crippen MR) is 68.0 cm³/mol. The van der Waals surface area contributed by atoms with E-state index in [1.165, 1.54) is 25.0 Å². The van der Waals surface area contributed by atoms with Crippen LogP contribution in [-0.4, -0.2) is 12.6 Å². The number of benzene rings is 1. The largest absolute Gasteiger partial charge is 0.492 e. The summed E-state index contributed by atoms with van der Waals surface area (Å²) in [5.74, 6) is 1.14. The smallest absolute Gasteiger partial charge is 0.145 e. The Bertz CT molecular complexity index is 376. The van der Waals surface area contributed by atoms with Gasteiger partial charge in [0.1, 0.15) is 11.6 Å². The molecule has 2 nitrogen and oxygen atoms in total. The average Bonchev–Trinajstić information content (AvgIpc) is 3.13. The molecule has 1 atom stereocenters. The minimum absolute atomic E-state index is 0.251. The molecule has 3 heteroatoms. The summed E-state index contributed by atoms with van der Waals surface area (Å²) in [5.41, 5.74) is 0.909. The Kier molecular flexibility index (Phi) is 3.87. The van der Waals surface area contributed by atoms with Crippen LogP contribution in [0.25, 0.3) is 0 Å². The van der Waals surface area contributed by atoms with Crippen molar-refractivity contribution < 1.29 is 9.13 Å². The SMILES string of the molecule is CCOc1cc(F)ccc1NC(CC)C1CC1. The zero-order valence-electron chi connectivity index (χ0n) is 10.5. The van der Waals surface area contributed by atoms with Gasteiger partial charge in [-0.3, -0.25) is 0 Å². The van der Waals surface area contributed by atoms with Crippen LogP contribution in [0.2, 0.25) is 0 Å². The van der Waals surface area contributed by atoms with Gasteiger partial charge in [0.2, 0.25) is 0 Å². The van der Waals surface area contributed by atoms with Gasteiger partial charge in [-0.25, -0.2) is 4.39 Å². The molecule has 17 heavy (non-hydrogen) atoms. The lowest BCUT2D eigenvalue weighted by Gasteiger charge is -2.20. The van der Waals surface area contributed by atoms with Gasteiger partial charge in [-0.1, -0.05) is 6.92 Å². The monoisotopic (exact) mass is 237 g/mol. The standard InChI is InChI=1S/C14H20FNO/c1-3-12(10-5-6-10)16-13-8-7-11(15)9-14(13)17-4-2/h7-10,12,16H,3-6H2,1-2H3. The first-order chi connectivity index (χ1) is 8.24. The van der Waals surface area contributed by atoms with Crippen LogP contribution in [0.4, 0.5) is 10.1 Å². The quantitative estimate of drug-likeness (QED) is 0.812. The van der Waals surface area contributed by atoms with Crippen LogP contribution in [0, 0.1) is 11.7 Å². The molecule has 0 aliphatic heterocycles. The van der Waals surface area contributed by atoms with Crippen molar-refractivity contribution in [2.45, 2.75) is 39.2 Å². The first-order valence-electron chi connectivity index (χ1n) is 6.43. The van der Waals surface area contributed by atoms with Gasteiger partial charge in [0, 0.05) is 12.1 Å². The van der Waals surface area contributed by atoms with Crippen LogP contribution in [0.3, 0.4) is 0 Å². The van der Waals surface area contributed by atoms with E-state index in [0.29, 0.717) is 18.4 Å². The molecule has 1 aromatic carbocycles. The summed E-state index contributed by atoms with van der Waals surface area (Å²) in [6.45, 7) is 4.64. The Morgan fingerprint density at radius 3 is 2.76 bits per heavy atom. The molecular weight excluding hydrogens is 217 g/mol. The maximum atomic E-state index is 13.2. The molecule has 1 saturated carbocycles. The highest BCUT2D eigenvalue weighted by atomic mass is 19.1. The van der Waals surface area contributed by atoms with Crippen LogP contribution in [-0.2, 0) is 0 Å². The zero-order chi connectivity index (χ0) is 12.3. The Labute approximate surface area is 102 Å². The van der Waals surface area contributed by atoms with Crippen molar-refractivity contribution in [3.8, 4) is 5.75 Å². The van der Waals surface area contributed by atoms with Crippen LogP contribution in [0.1, 0.15) is 33.1 Å². The average molecular weight is 237 g/mol. The lowest BCUT2D eigenvalue weighted by atomic mass is 10.1. The Balaban J connectivity index is 2.12. The highest BCUT2D eigenvalue weighted by Crippen LogP contribution is 2.37.